The summed E-state index contributed by atoms with van der Waals surface area (Å²) in [6.07, 6.45) is 1.69. The summed E-state index contributed by atoms with van der Waals surface area (Å²) in [4.78, 5) is 4.61. The SMILES string of the molecule is CCOc1ccccc1/C=N\Nc1nnc2c3ccccc3n(CC)c2n1. The van der Waals surface area contributed by atoms with Crippen molar-refractivity contribution in [1.82, 2.24) is 19.7 Å². The summed E-state index contributed by atoms with van der Waals surface area (Å²) in [5.41, 5.74) is 6.43. The Balaban J connectivity index is 1.64. The number of rotatable bonds is 6. The normalized spacial score (nSPS) is 11.5. The fourth-order valence-corrected chi connectivity index (χ4v) is 3.10. The van der Waals surface area contributed by atoms with E-state index in [4.69, 9.17) is 4.74 Å². The summed E-state index contributed by atoms with van der Waals surface area (Å²) in [5, 5.41) is 13.8. The van der Waals surface area contributed by atoms with Crippen molar-refractivity contribution in [2.75, 3.05) is 12.0 Å². The number of fused-ring (bicyclic) bond motifs is 3. The van der Waals surface area contributed by atoms with E-state index in [1.807, 2.05) is 49.4 Å². The van der Waals surface area contributed by atoms with E-state index in [-0.39, 0.29) is 0 Å². The van der Waals surface area contributed by atoms with Crippen molar-refractivity contribution in [3.8, 4) is 5.75 Å². The monoisotopic (exact) mass is 360 g/mol. The molecule has 7 heteroatoms. The molecular weight excluding hydrogens is 340 g/mol. The third-order valence-electron chi connectivity index (χ3n) is 4.28. The summed E-state index contributed by atoms with van der Waals surface area (Å²) in [5.74, 6) is 1.14. The van der Waals surface area contributed by atoms with Crippen LogP contribution >= 0.6 is 0 Å². The van der Waals surface area contributed by atoms with Crippen LogP contribution in [0, 0.1) is 0 Å². The van der Waals surface area contributed by atoms with Gasteiger partial charge in [-0.3, -0.25) is 0 Å². The Morgan fingerprint density at radius 2 is 1.89 bits per heavy atom. The Morgan fingerprint density at radius 1 is 1.07 bits per heavy atom. The number of aromatic nitrogens is 4. The molecule has 0 bridgehead atoms. The first kappa shape index (κ1) is 17.0. The number of ether oxygens (including phenoxy) is 1. The van der Waals surface area contributed by atoms with E-state index >= 15 is 0 Å². The molecule has 2 aromatic heterocycles. The molecule has 0 amide bonds. The van der Waals surface area contributed by atoms with E-state index in [1.165, 1.54) is 0 Å². The highest BCUT2D eigenvalue weighted by molar-refractivity contribution is 6.04. The predicted molar refractivity (Wildman–Crippen MR) is 107 cm³/mol. The maximum atomic E-state index is 5.60. The van der Waals surface area contributed by atoms with Gasteiger partial charge in [0, 0.05) is 17.5 Å². The molecule has 0 saturated heterocycles. The lowest BCUT2D eigenvalue weighted by Crippen LogP contribution is -2.02. The molecule has 0 fully saturated rings. The van der Waals surface area contributed by atoms with Crippen LogP contribution in [0.15, 0.2) is 53.6 Å². The van der Waals surface area contributed by atoms with Gasteiger partial charge in [-0.1, -0.05) is 30.3 Å². The van der Waals surface area contributed by atoms with Gasteiger partial charge in [0.15, 0.2) is 5.65 Å². The zero-order valence-electron chi connectivity index (χ0n) is 15.3. The molecule has 0 aliphatic heterocycles. The lowest BCUT2D eigenvalue weighted by atomic mass is 10.2. The highest BCUT2D eigenvalue weighted by atomic mass is 16.5. The summed E-state index contributed by atoms with van der Waals surface area (Å²) in [6.45, 7) is 5.44. The maximum absolute atomic E-state index is 5.60. The van der Waals surface area contributed by atoms with Crippen LogP contribution in [0.1, 0.15) is 19.4 Å². The number of para-hydroxylation sites is 2. The standard InChI is InChI=1S/C20H20N6O/c1-3-26-16-11-7-6-10-15(16)18-19(26)22-20(25-23-18)24-21-13-14-9-5-8-12-17(14)27-4-2/h5-13H,3-4H2,1-2H3,(H,22,24,25)/b21-13-. The number of nitrogens with one attached hydrogen (secondary N) is 1. The number of aryl methyl sites for hydroxylation is 1. The Labute approximate surface area is 156 Å². The molecular formula is C20H20N6O. The Hall–Kier alpha value is -3.48. The number of hydrogen-bond donors (Lipinski definition) is 1. The van der Waals surface area contributed by atoms with Crippen LogP contribution in [-0.2, 0) is 6.54 Å². The molecule has 7 nitrogen and oxygen atoms in total. The van der Waals surface area contributed by atoms with Crippen LogP contribution in [0.4, 0.5) is 5.95 Å². The number of nitrogens with zero attached hydrogens (tertiary/aromatic N) is 5. The highest BCUT2D eigenvalue weighted by Crippen LogP contribution is 2.26. The topological polar surface area (TPSA) is 77.2 Å². The highest BCUT2D eigenvalue weighted by Gasteiger charge is 2.13. The van der Waals surface area contributed by atoms with Crippen LogP contribution in [0.2, 0.25) is 0 Å². The van der Waals surface area contributed by atoms with Gasteiger partial charge in [0.25, 0.3) is 5.95 Å². The first-order valence-corrected chi connectivity index (χ1v) is 8.94. The Morgan fingerprint density at radius 3 is 2.74 bits per heavy atom. The van der Waals surface area contributed by atoms with Crippen LogP contribution in [0.25, 0.3) is 22.1 Å². The predicted octanol–water partition coefficient (Wildman–Crippen LogP) is 3.84. The molecule has 2 heterocycles. The molecule has 0 radical (unpaired) electrons. The molecule has 0 atom stereocenters. The lowest BCUT2D eigenvalue weighted by molar-refractivity contribution is 0.340. The quantitative estimate of drug-likeness (QED) is 0.417. The molecule has 136 valence electrons. The van der Waals surface area contributed by atoms with E-state index in [9.17, 15) is 0 Å². The molecule has 0 saturated carbocycles. The van der Waals surface area contributed by atoms with Gasteiger partial charge < -0.3 is 9.30 Å². The van der Waals surface area contributed by atoms with Gasteiger partial charge in [-0.2, -0.15) is 10.1 Å². The van der Waals surface area contributed by atoms with E-state index in [0.717, 1.165) is 39.9 Å². The Bertz CT molecular complexity index is 1120. The number of hydrogen-bond acceptors (Lipinski definition) is 6. The third-order valence-corrected chi connectivity index (χ3v) is 4.28. The second-order valence-electron chi connectivity index (χ2n) is 5.91. The van der Waals surface area contributed by atoms with E-state index in [1.54, 1.807) is 6.21 Å². The van der Waals surface area contributed by atoms with Crippen molar-refractivity contribution < 1.29 is 4.74 Å². The van der Waals surface area contributed by atoms with Crippen molar-refractivity contribution >= 4 is 34.2 Å². The zero-order chi connectivity index (χ0) is 18.6. The minimum absolute atomic E-state index is 0.352. The minimum Gasteiger partial charge on any atom is -0.493 e. The van der Waals surface area contributed by atoms with E-state index in [0.29, 0.717) is 12.6 Å². The van der Waals surface area contributed by atoms with Crippen LogP contribution < -0.4 is 10.2 Å². The van der Waals surface area contributed by atoms with Crippen molar-refractivity contribution in [1.29, 1.82) is 0 Å². The fraction of sp³-hybridized carbons (Fsp3) is 0.200. The van der Waals surface area contributed by atoms with E-state index in [2.05, 4.69) is 43.3 Å². The van der Waals surface area contributed by atoms with Gasteiger partial charge in [0.1, 0.15) is 11.3 Å². The summed E-state index contributed by atoms with van der Waals surface area (Å²) < 4.78 is 7.72. The molecule has 0 spiro atoms. The van der Waals surface area contributed by atoms with Crippen LogP contribution in [0.5, 0.6) is 5.75 Å². The zero-order valence-corrected chi connectivity index (χ0v) is 15.3. The molecule has 0 aliphatic carbocycles. The molecule has 4 aromatic rings. The van der Waals surface area contributed by atoms with Crippen molar-refractivity contribution in [2.45, 2.75) is 20.4 Å². The summed E-state index contributed by atoms with van der Waals surface area (Å²) >= 11 is 0. The molecule has 0 unspecified atom stereocenters. The number of anilines is 1. The maximum Gasteiger partial charge on any atom is 0.265 e. The first-order valence-electron chi connectivity index (χ1n) is 8.94. The molecule has 1 N–H and O–H groups in total. The van der Waals surface area contributed by atoms with Gasteiger partial charge in [0.2, 0.25) is 0 Å². The van der Waals surface area contributed by atoms with Gasteiger partial charge >= 0.3 is 0 Å². The van der Waals surface area contributed by atoms with Crippen LogP contribution in [0.3, 0.4) is 0 Å². The van der Waals surface area contributed by atoms with E-state index < -0.39 is 0 Å². The number of hydrazone groups is 1. The largest absolute Gasteiger partial charge is 0.493 e. The van der Waals surface area contributed by atoms with Crippen molar-refractivity contribution in [2.24, 2.45) is 5.10 Å². The lowest BCUT2D eigenvalue weighted by Gasteiger charge is -2.06. The smallest absolute Gasteiger partial charge is 0.265 e. The second kappa shape index (κ2) is 7.41. The van der Waals surface area contributed by atoms with Crippen molar-refractivity contribution in [3.63, 3.8) is 0 Å². The first-order chi connectivity index (χ1) is 13.3. The second-order valence-corrected chi connectivity index (χ2v) is 5.91. The summed E-state index contributed by atoms with van der Waals surface area (Å²) in [6, 6.07) is 15.8. The van der Waals surface area contributed by atoms with Gasteiger partial charge in [-0.15, -0.1) is 10.2 Å². The fourth-order valence-electron chi connectivity index (χ4n) is 3.10. The minimum atomic E-state index is 0.352. The van der Waals surface area contributed by atoms with Gasteiger partial charge in [0.05, 0.1) is 18.3 Å². The van der Waals surface area contributed by atoms with Crippen molar-refractivity contribution in [3.05, 3.63) is 54.1 Å². The van der Waals surface area contributed by atoms with Gasteiger partial charge in [-0.25, -0.2) is 5.43 Å². The van der Waals surface area contributed by atoms with Crippen LogP contribution in [-0.4, -0.2) is 32.6 Å². The summed E-state index contributed by atoms with van der Waals surface area (Å²) in [7, 11) is 0. The molecule has 0 aliphatic rings. The Kier molecular flexibility index (Phi) is 4.65. The molecule has 27 heavy (non-hydrogen) atoms. The molecule has 2 aromatic carbocycles. The number of benzene rings is 2. The average molecular weight is 360 g/mol. The molecule has 4 rings (SSSR count). The third kappa shape index (κ3) is 3.19. The van der Waals surface area contributed by atoms with Gasteiger partial charge in [-0.05, 0) is 32.0 Å². The average Bonchev–Trinajstić information content (AvgIpc) is 3.02.